The molecule has 1 aromatic carbocycles. The van der Waals surface area contributed by atoms with Gasteiger partial charge in [0, 0.05) is 36.9 Å². The van der Waals surface area contributed by atoms with Crippen molar-refractivity contribution in [3.05, 3.63) is 82.3 Å². The molecule has 0 aliphatic rings. The molecule has 0 saturated heterocycles. The van der Waals surface area contributed by atoms with Gasteiger partial charge in [0.25, 0.3) is 5.56 Å². The summed E-state index contributed by atoms with van der Waals surface area (Å²) in [4.78, 5) is 40.3. The molecule has 2 aromatic heterocycles. The van der Waals surface area contributed by atoms with Crippen LogP contribution in [0.3, 0.4) is 0 Å². The number of anilines is 1. The molecule has 7 nitrogen and oxygen atoms in total. The van der Waals surface area contributed by atoms with Crippen LogP contribution in [0.15, 0.2) is 59.8 Å². The Balaban J connectivity index is 1.70. The number of hydrogen-bond acceptors (Lipinski definition) is 4. The van der Waals surface area contributed by atoms with Gasteiger partial charge in [-0.1, -0.05) is 0 Å². The summed E-state index contributed by atoms with van der Waals surface area (Å²) >= 11 is 0. The van der Waals surface area contributed by atoms with E-state index in [1.54, 1.807) is 17.8 Å². The number of carbonyl (C=O) groups excluding carboxylic acids is 2. The van der Waals surface area contributed by atoms with E-state index in [1.165, 1.54) is 30.5 Å². The van der Waals surface area contributed by atoms with E-state index in [9.17, 15) is 27.6 Å². The van der Waals surface area contributed by atoms with Crippen molar-refractivity contribution < 1.29 is 22.8 Å². The molecule has 0 unspecified atom stereocenters. The lowest BCUT2D eigenvalue weighted by molar-refractivity contribution is -0.139. The van der Waals surface area contributed by atoms with Gasteiger partial charge in [0.1, 0.15) is 12.1 Å². The van der Waals surface area contributed by atoms with Crippen molar-refractivity contribution in [2.24, 2.45) is 7.05 Å². The standard InChI is InChI=1S/C19H15F3N4O3/c1-25-10-8-23-17(25)16(28)12-4-6-13(7-5-12)24-15(27)11-26-9-2-3-14(18(26)29)19(20,21)22/h2-10H,11H2,1H3,(H,24,27). The summed E-state index contributed by atoms with van der Waals surface area (Å²) in [7, 11) is 1.69. The average Bonchev–Trinajstić information content (AvgIpc) is 3.08. The van der Waals surface area contributed by atoms with E-state index in [2.05, 4.69) is 10.3 Å². The number of carbonyl (C=O) groups is 2. The van der Waals surface area contributed by atoms with Gasteiger partial charge in [-0.2, -0.15) is 13.2 Å². The lowest BCUT2D eigenvalue weighted by Gasteiger charge is -2.11. The number of imidazole rings is 1. The van der Waals surface area contributed by atoms with Crippen molar-refractivity contribution in [1.29, 1.82) is 0 Å². The van der Waals surface area contributed by atoms with Crippen LogP contribution < -0.4 is 10.9 Å². The van der Waals surface area contributed by atoms with Crippen LogP contribution in [-0.2, 0) is 24.6 Å². The number of aryl methyl sites for hydroxylation is 1. The Morgan fingerprint density at radius 2 is 1.79 bits per heavy atom. The molecule has 0 radical (unpaired) electrons. The smallest absolute Gasteiger partial charge is 0.331 e. The fourth-order valence-electron chi connectivity index (χ4n) is 2.65. The summed E-state index contributed by atoms with van der Waals surface area (Å²) in [6, 6.07) is 7.64. The van der Waals surface area contributed by atoms with E-state index in [1.807, 2.05) is 0 Å². The molecule has 1 amide bonds. The van der Waals surface area contributed by atoms with Crippen LogP contribution in [0.4, 0.5) is 18.9 Å². The molecule has 150 valence electrons. The number of nitrogens with one attached hydrogen (secondary N) is 1. The molecule has 0 aliphatic heterocycles. The quantitative estimate of drug-likeness (QED) is 0.662. The molecule has 2 heterocycles. The van der Waals surface area contributed by atoms with Crippen LogP contribution in [0.25, 0.3) is 0 Å². The van der Waals surface area contributed by atoms with Gasteiger partial charge in [-0.15, -0.1) is 0 Å². The molecule has 0 aliphatic carbocycles. The fourth-order valence-corrected chi connectivity index (χ4v) is 2.65. The monoisotopic (exact) mass is 404 g/mol. The van der Waals surface area contributed by atoms with Crippen molar-refractivity contribution >= 4 is 17.4 Å². The van der Waals surface area contributed by atoms with E-state index < -0.39 is 29.8 Å². The first-order valence-corrected chi connectivity index (χ1v) is 8.35. The summed E-state index contributed by atoms with van der Waals surface area (Å²) < 4.78 is 40.6. The second-order valence-corrected chi connectivity index (χ2v) is 6.17. The zero-order valence-corrected chi connectivity index (χ0v) is 15.1. The number of ketones is 1. The number of amides is 1. The SMILES string of the molecule is Cn1ccnc1C(=O)c1ccc(NC(=O)Cn2cccc(C(F)(F)F)c2=O)cc1. The summed E-state index contributed by atoms with van der Waals surface area (Å²) in [5, 5.41) is 2.48. The van der Waals surface area contributed by atoms with Crippen LogP contribution in [-0.4, -0.2) is 25.8 Å². The molecular formula is C19H15F3N4O3. The zero-order chi connectivity index (χ0) is 21.2. The van der Waals surface area contributed by atoms with Crippen LogP contribution in [0.2, 0.25) is 0 Å². The molecular weight excluding hydrogens is 389 g/mol. The maximum Gasteiger partial charge on any atom is 0.421 e. The first-order chi connectivity index (χ1) is 13.7. The lowest BCUT2D eigenvalue weighted by Crippen LogP contribution is -2.31. The molecule has 1 N–H and O–H groups in total. The number of alkyl halides is 3. The van der Waals surface area contributed by atoms with Crippen molar-refractivity contribution in [3.63, 3.8) is 0 Å². The molecule has 10 heteroatoms. The Morgan fingerprint density at radius 1 is 1.10 bits per heavy atom. The van der Waals surface area contributed by atoms with Crippen LogP contribution in [0, 0.1) is 0 Å². The predicted octanol–water partition coefficient (Wildman–Crippen LogP) is 2.47. The third-order valence-corrected chi connectivity index (χ3v) is 4.09. The second kappa shape index (κ2) is 7.74. The summed E-state index contributed by atoms with van der Waals surface area (Å²) in [6.07, 6.45) is -0.562. The summed E-state index contributed by atoms with van der Waals surface area (Å²) in [6.45, 7) is -0.587. The summed E-state index contributed by atoms with van der Waals surface area (Å²) in [5.41, 5.74) is -1.96. The van der Waals surface area contributed by atoms with Crippen molar-refractivity contribution in [1.82, 2.24) is 14.1 Å². The predicted molar refractivity (Wildman–Crippen MR) is 97.4 cm³/mol. The van der Waals surface area contributed by atoms with Gasteiger partial charge >= 0.3 is 6.18 Å². The number of hydrogen-bond donors (Lipinski definition) is 1. The maximum atomic E-state index is 12.8. The molecule has 0 spiro atoms. The van der Waals surface area contributed by atoms with Crippen LogP contribution in [0.1, 0.15) is 21.7 Å². The minimum atomic E-state index is -4.80. The largest absolute Gasteiger partial charge is 0.421 e. The van der Waals surface area contributed by atoms with Gasteiger partial charge < -0.3 is 14.5 Å². The highest BCUT2D eigenvalue weighted by Gasteiger charge is 2.34. The Morgan fingerprint density at radius 3 is 2.38 bits per heavy atom. The maximum absolute atomic E-state index is 12.8. The normalized spacial score (nSPS) is 11.3. The second-order valence-electron chi connectivity index (χ2n) is 6.17. The lowest BCUT2D eigenvalue weighted by atomic mass is 10.1. The van der Waals surface area contributed by atoms with E-state index in [0.717, 1.165) is 12.3 Å². The highest BCUT2D eigenvalue weighted by molar-refractivity contribution is 6.07. The van der Waals surface area contributed by atoms with E-state index in [0.29, 0.717) is 21.9 Å². The van der Waals surface area contributed by atoms with Gasteiger partial charge in [-0.25, -0.2) is 4.98 Å². The molecule has 0 bridgehead atoms. The third kappa shape index (κ3) is 4.42. The van der Waals surface area contributed by atoms with Crippen molar-refractivity contribution in [2.75, 3.05) is 5.32 Å². The van der Waals surface area contributed by atoms with Gasteiger partial charge in [-0.05, 0) is 36.4 Å². The number of rotatable bonds is 5. The van der Waals surface area contributed by atoms with Crippen molar-refractivity contribution in [3.8, 4) is 0 Å². The van der Waals surface area contributed by atoms with Gasteiger partial charge in [0.05, 0.1) is 0 Å². The molecule has 0 saturated carbocycles. The Bertz CT molecular complexity index is 1110. The topological polar surface area (TPSA) is 86.0 Å². The first-order valence-electron chi connectivity index (χ1n) is 8.35. The highest BCUT2D eigenvalue weighted by Crippen LogP contribution is 2.26. The minimum Gasteiger partial charge on any atom is -0.331 e. The molecule has 0 atom stereocenters. The van der Waals surface area contributed by atoms with Crippen LogP contribution in [0.5, 0.6) is 0 Å². The van der Waals surface area contributed by atoms with Gasteiger partial charge in [0.15, 0.2) is 5.82 Å². The fraction of sp³-hybridized carbons (Fsp3) is 0.158. The number of benzene rings is 1. The molecule has 3 rings (SSSR count). The Kier molecular flexibility index (Phi) is 5.35. The van der Waals surface area contributed by atoms with E-state index in [4.69, 9.17) is 0 Å². The van der Waals surface area contributed by atoms with E-state index >= 15 is 0 Å². The average molecular weight is 404 g/mol. The number of pyridine rings is 1. The number of halogens is 3. The summed E-state index contributed by atoms with van der Waals surface area (Å²) in [5.74, 6) is -0.730. The van der Waals surface area contributed by atoms with Crippen molar-refractivity contribution in [2.45, 2.75) is 12.7 Å². The van der Waals surface area contributed by atoms with E-state index in [-0.39, 0.29) is 11.6 Å². The minimum absolute atomic E-state index is 0.255. The molecule has 0 fully saturated rings. The third-order valence-electron chi connectivity index (χ3n) is 4.09. The zero-order valence-electron chi connectivity index (χ0n) is 15.1. The molecule has 3 aromatic rings. The molecule has 29 heavy (non-hydrogen) atoms. The Labute approximate surface area is 162 Å². The first kappa shape index (κ1) is 20.1. The highest BCUT2D eigenvalue weighted by atomic mass is 19.4. The number of aromatic nitrogens is 3. The van der Waals surface area contributed by atoms with Crippen LogP contribution >= 0.6 is 0 Å². The number of nitrogens with zero attached hydrogens (tertiary/aromatic N) is 3. The van der Waals surface area contributed by atoms with Gasteiger partial charge in [-0.3, -0.25) is 14.4 Å². The van der Waals surface area contributed by atoms with Gasteiger partial charge in [0.2, 0.25) is 11.7 Å². The Hall–Kier alpha value is -3.69.